The number of benzene rings is 1. The van der Waals surface area contributed by atoms with Crippen LogP contribution < -0.4 is 10.0 Å². The van der Waals surface area contributed by atoms with Gasteiger partial charge in [-0.25, -0.2) is 13.1 Å². The third-order valence-corrected chi connectivity index (χ3v) is 5.42. The summed E-state index contributed by atoms with van der Waals surface area (Å²) >= 11 is 0. The van der Waals surface area contributed by atoms with E-state index in [4.69, 9.17) is 0 Å². The Morgan fingerprint density at radius 1 is 1.28 bits per heavy atom. The molecule has 1 aliphatic carbocycles. The maximum atomic E-state index is 12.4. The molecule has 1 aromatic rings. The van der Waals surface area contributed by atoms with E-state index in [9.17, 15) is 8.42 Å². The van der Waals surface area contributed by atoms with Gasteiger partial charge in [-0.15, -0.1) is 0 Å². The van der Waals surface area contributed by atoms with Crippen LogP contribution in [-0.4, -0.2) is 21.0 Å². The van der Waals surface area contributed by atoms with E-state index in [2.05, 4.69) is 10.0 Å². The molecule has 1 fully saturated rings. The molecule has 5 heteroatoms. The van der Waals surface area contributed by atoms with Gasteiger partial charge in [0.05, 0.1) is 5.69 Å². The third kappa shape index (κ3) is 2.37. The van der Waals surface area contributed by atoms with Gasteiger partial charge in [0.15, 0.2) is 0 Å². The number of rotatable bonds is 5. The number of anilines is 1. The van der Waals surface area contributed by atoms with Crippen molar-refractivity contribution in [3.05, 3.63) is 24.3 Å². The van der Waals surface area contributed by atoms with Crippen molar-refractivity contribution >= 4 is 15.7 Å². The zero-order valence-corrected chi connectivity index (χ0v) is 11.7. The van der Waals surface area contributed by atoms with Gasteiger partial charge in [-0.3, -0.25) is 0 Å². The molecule has 0 saturated heterocycles. The Morgan fingerprint density at radius 2 is 1.94 bits per heavy atom. The van der Waals surface area contributed by atoms with Crippen molar-refractivity contribution in [3.8, 4) is 0 Å². The van der Waals surface area contributed by atoms with Crippen molar-refractivity contribution in [2.75, 3.05) is 12.4 Å². The highest BCUT2D eigenvalue weighted by molar-refractivity contribution is 7.89. The van der Waals surface area contributed by atoms with Gasteiger partial charge in [-0.05, 0) is 37.8 Å². The smallest absolute Gasteiger partial charge is 0.243 e. The summed E-state index contributed by atoms with van der Waals surface area (Å²) in [4.78, 5) is 0.326. The second kappa shape index (κ2) is 4.90. The molecule has 100 valence electrons. The molecule has 4 nitrogen and oxygen atoms in total. The zero-order chi connectivity index (χ0) is 13.2. The van der Waals surface area contributed by atoms with E-state index >= 15 is 0 Å². The normalized spacial score (nSPS) is 18.1. The summed E-state index contributed by atoms with van der Waals surface area (Å²) in [5.74, 6) is 0. The molecule has 2 N–H and O–H groups in total. The number of nitrogens with one attached hydrogen (secondary N) is 2. The first-order chi connectivity index (χ1) is 8.53. The molecule has 2 rings (SSSR count). The lowest BCUT2D eigenvalue weighted by Gasteiger charge is -2.41. The summed E-state index contributed by atoms with van der Waals surface area (Å²) in [5, 5.41) is 2.92. The van der Waals surface area contributed by atoms with Crippen LogP contribution in [-0.2, 0) is 10.0 Å². The Labute approximate surface area is 109 Å². The Bertz CT molecular complexity index is 516. The van der Waals surface area contributed by atoms with Crippen LogP contribution in [0.4, 0.5) is 5.69 Å². The standard InChI is InChI=1S/C13H20N2O2S/c1-3-13(9-6-10-13)15-18(16,17)12-8-5-4-7-11(12)14-2/h4-5,7-8,14-15H,3,6,9-10H2,1-2H3. The summed E-state index contributed by atoms with van der Waals surface area (Å²) in [6, 6.07) is 6.97. The summed E-state index contributed by atoms with van der Waals surface area (Å²) in [6.07, 6.45) is 3.81. The molecule has 0 atom stereocenters. The van der Waals surface area contributed by atoms with Crippen molar-refractivity contribution in [2.24, 2.45) is 0 Å². The van der Waals surface area contributed by atoms with Crippen LogP contribution in [0.3, 0.4) is 0 Å². The highest BCUT2D eigenvalue weighted by atomic mass is 32.2. The van der Waals surface area contributed by atoms with Crippen LogP contribution in [0.25, 0.3) is 0 Å². The molecule has 1 saturated carbocycles. The third-order valence-electron chi connectivity index (χ3n) is 3.78. The van der Waals surface area contributed by atoms with Gasteiger partial charge in [0.2, 0.25) is 10.0 Å². The SMILES string of the molecule is CCC1(NS(=O)(=O)c2ccccc2NC)CCC1. The van der Waals surface area contributed by atoms with Gasteiger partial charge in [-0.1, -0.05) is 19.1 Å². The number of hydrogen-bond donors (Lipinski definition) is 2. The van der Waals surface area contributed by atoms with Crippen molar-refractivity contribution in [3.63, 3.8) is 0 Å². The first-order valence-electron chi connectivity index (χ1n) is 6.34. The number of sulfonamides is 1. The maximum absolute atomic E-state index is 12.4. The number of para-hydroxylation sites is 1. The minimum atomic E-state index is -3.45. The van der Waals surface area contributed by atoms with Crippen LogP contribution in [0, 0.1) is 0 Å². The fourth-order valence-electron chi connectivity index (χ4n) is 2.38. The van der Waals surface area contributed by atoms with Gasteiger partial charge >= 0.3 is 0 Å². The summed E-state index contributed by atoms with van der Waals surface area (Å²) in [6.45, 7) is 2.03. The molecule has 0 aliphatic heterocycles. The Kier molecular flexibility index (Phi) is 3.64. The van der Waals surface area contributed by atoms with Gasteiger partial charge in [-0.2, -0.15) is 0 Å². The zero-order valence-electron chi connectivity index (χ0n) is 10.9. The number of hydrogen-bond acceptors (Lipinski definition) is 3. The highest BCUT2D eigenvalue weighted by Crippen LogP contribution is 2.36. The van der Waals surface area contributed by atoms with E-state index in [-0.39, 0.29) is 5.54 Å². The monoisotopic (exact) mass is 268 g/mol. The summed E-state index contributed by atoms with van der Waals surface area (Å²) < 4.78 is 27.7. The van der Waals surface area contributed by atoms with Crippen LogP contribution >= 0.6 is 0 Å². The lowest BCUT2D eigenvalue weighted by Crippen LogP contribution is -2.52. The molecule has 0 spiro atoms. The molecular formula is C13H20N2O2S. The highest BCUT2D eigenvalue weighted by Gasteiger charge is 2.39. The molecule has 0 amide bonds. The molecule has 0 radical (unpaired) electrons. The fourth-order valence-corrected chi connectivity index (χ4v) is 4.12. The summed E-state index contributed by atoms with van der Waals surface area (Å²) in [5.41, 5.74) is 0.412. The van der Waals surface area contributed by atoms with E-state index in [1.165, 1.54) is 0 Å². The van der Waals surface area contributed by atoms with E-state index in [0.717, 1.165) is 25.7 Å². The Morgan fingerprint density at radius 3 is 2.44 bits per heavy atom. The largest absolute Gasteiger partial charge is 0.387 e. The van der Waals surface area contributed by atoms with Crippen molar-refractivity contribution < 1.29 is 8.42 Å². The van der Waals surface area contributed by atoms with Gasteiger partial charge in [0.25, 0.3) is 0 Å². The maximum Gasteiger partial charge on any atom is 0.243 e. The fraction of sp³-hybridized carbons (Fsp3) is 0.538. The van der Waals surface area contributed by atoms with Crippen molar-refractivity contribution in [1.29, 1.82) is 0 Å². The lowest BCUT2D eigenvalue weighted by atomic mass is 9.76. The second-order valence-electron chi connectivity index (χ2n) is 4.84. The van der Waals surface area contributed by atoms with Crippen molar-refractivity contribution in [2.45, 2.75) is 43.0 Å². The van der Waals surface area contributed by atoms with E-state index in [1.807, 2.05) is 13.0 Å². The minimum absolute atomic E-state index is 0.223. The summed E-state index contributed by atoms with van der Waals surface area (Å²) in [7, 11) is -1.72. The van der Waals surface area contributed by atoms with Gasteiger partial charge in [0, 0.05) is 12.6 Å². The molecule has 0 heterocycles. The van der Waals surface area contributed by atoms with E-state index < -0.39 is 10.0 Å². The second-order valence-corrected chi connectivity index (χ2v) is 6.49. The first kappa shape index (κ1) is 13.4. The molecule has 18 heavy (non-hydrogen) atoms. The topological polar surface area (TPSA) is 58.2 Å². The average Bonchev–Trinajstić information content (AvgIpc) is 2.34. The van der Waals surface area contributed by atoms with Gasteiger partial charge in [0.1, 0.15) is 4.90 Å². The van der Waals surface area contributed by atoms with Crippen LogP contribution in [0.15, 0.2) is 29.2 Å². The van der Waals surface area contributed by atoms with Crippen LogP contribution in [0.1, 0.15) is 32.6 Å². The van der Waals surface area contributed by atoms with Gasteiger partial charge < -0.3 is 5.32 Å². The molecule has 0 unspecified atom stereocenters. The molecule has 1 aromatic carbocycles. The Balaban J connectivity index is 2.31. The predicted octanol–water partition coefficient (Wildman–Crippen LogP) is 2.34. The quantitative estimate of drug-likeness (QED) is 0.861. The van der Waals surface area contributed by atoms with Crippen LogP contribution in [0.2, 0.25) is 0 Å². The minimum Gasteiger partial charge on any atom is -0.387 e. The van der Waals surface area contributed by atoms with E-state index in [1.54, 1.807) is 25.2 Å². The first-order valence-corrected chi connectivity index (χ1v) is 7.82. The lowest BCUT2D eigenvalue weighted by molar-refractivity contribution is 0.214. The Hall–Kier alpha value is -1.07. The van der Waals surface area contributed by atoms with E-state index in [0.29, 0.717) is 10.6 Å². The molecule has 0 bridgehead atoms. The molecule has 0 aromatic heterocycles. The average molecular weight is 268 g/mol. The predicted molar refractivity (Wildman–Crippen MR) is 73.2 cm³/mol. The van der Waals surface area contributed by atoms with Crippen molar-refractivity contribution in [1.82, 2.24) is 4.72 Å². The molecular weight excluding hydrogens is 248 g/mol. The molecule has 1 aliphatic rings. The van der Waals surface area contributed by atoms with Crippen LogP contribution in [0.5, 0.6) is 0 Å².